The van der Waals surface area contributed by atoms with Crippen LogP contribution in [-0.2, 0) is 17.8 Å². The minimum absolute atomic E-state index is 0.0404. The zero-order chi connectivity index (χ0) is 21.5. The second-order valence-electron chi connectivity index (χ2n) is 8.38. The lowest BCUT2D eigenvalue weighted by Crippen LogP contribution is -2.47. The Labute approximate surface area is 190 Å². The van der Waals surface area contributed by atoms with Gasteiger partial charge in [-0.05, 0) is 55.3 Å². The number of amides is 2. The Morgan fingerprint density at radius 3 is 2.55 bits per heavy atom. The second-order valence-corrected chi connectivity index (χ2v) is 9.25. The van der Waals surface area contributed by atoms with Gasteiger partial charge in [-0.3, -0.25) is 9.59 Å². The molecule has 1 aromatic heterocycles. The number of aromatic amines is 1. The van der Waals surface area contributed by atoms with Crippen LogP contribution in [0.2, 0.25) is 10.0 Å². The summed E-state index contributed by atoms with van der Waals surface area (Å²) < 4.78 is 0. The van der Waals surface area contributed by atoms with Crippen molar-refractivity contribution in [2.75, 3.05) is 19.6 Å². The number of rotatable bonds is 2. The molecular formula is C24H23Cl2N3O2. The van der Waals surface area contributed by atoms with Crippen molar-refractivity contribution in [3.8, 4) is 0 Å². The number of hydrogen-bond donors (Lipinski definition) is 1. The number of aromatic nitrogens is 1. The van der Waals surface area contributed by atoms with E-state index in [4.69, 9.17) is 23.2 Å². The van der Waals surface area contributed by atoms with Crippen molar-refractivity contribution in [3.05, 3.63) is 69.3 Å². The Morgan fingerprint density at radius 2 is 1.74 bits per heavy atom. The van der Waals surface area contributed by atoms with Crippen molar-refractivity contribution >= 4 is 45.9 Å². The van der Waals surface area contributed by atoms with E-state index in [9.17, 15) is 9.59 Å². The van der Waals surface area contributed by atoms with Crippen LogP contribution in [0.3, 0.4) is 0 Å². The van der Waals surface area contributed by atoms with Gasteiger partial charge in [0, 0.05) is 70.4 Å². The molecule has 3 heterocycles. The Kier molecular flexibility index (Phi) is 5.40. The first-order valence-electron chi connectivity index (χ1n) is 10.6. The molecule has 5 rings (SSSR count). The van der Waals surface area contributed by atoms with E-state index in [0.717, 1.165) is 35.7 Å². The lowest BCUT2D eigenvalue weighted by atomic mass is 9.94. The highest BCUT2D eigenvalue weighted by Crippen LogP contribution is 2.31. The molecule has 31 heavy (non-hydrogen) atoms. The Morgan fingerprint density at radius 1 is 0.968 bits per heavy atom. The number of likely N-dealkylation sites (tertiary alicyclic amines) is 1. The number of nitrogens with one attached hydrogen (secondary N) is 1. The molecule has 1 unspecified atom stereocenters. The van der Waals surface area contributed by atoms with Crippen LogP contribution in [-0.4, -0.2) is 46.2 Å². The van der Waals surface area contributed by atoms with E-state index in [2.05, 4.69) is 4.98 Å². The number of H-pyrrole nitrogens is 1. The Hall–Kier alpha value is -2.50. The Bertz CT molecular complexity index is 1160. The fraction of sp³-hybridized carbons (Fsp3) is 0.333. The number of piperidine rings is 1. The third-order valence-corrected chi connectivity index (χ3v) is 6.89. The molecule has 0 aliphatic carbocycles. The zero-order valence-corrected chi connectivity index (χ0v) is 18.5. The Balaban J connectivity index is 1.31. The molecule has 1 fully saturated rings. The highest BCUT2D eigenvalue weighted by molar-refractivity contribution is 6.31. The SMILES string of the molecule is O=C(c1ccc(Cl)cc1)N1CCCC(C(=O)N2CCc3[nH]c4ccc(Cl)cc4c3C2)C1. The van der Waals surface area contributed by atoms with E-state index in [1.807, 2.05) is 23.1 Å². The third-order valence-electron chi connectivity index (χ3n) is 6.40. The second kappa shape index (κ2) is 8.21. The maximum atomic E-state index is 13.4. The first-order valence-corrected chi connectivity index (χ1v) is 11.4. The molecule has 0 radical (unpaired) electrons. The van der Waals surface area contributed by atoms with Crippen LogP contribution in [0.1, 0.15) is 34.5 Å². The van der Waals surface area contributed by atoms with Crippen molar-refractivity contribution in [1.29, 1.82) is 0 Å². The predicted octanol–water partition coefficient (Wildman–Crippen LogP) is 4.91. The molecule has 7 heteroatoms. The minimum atomic E-state index is -0.166. The largest absolute Gasteiger partial charge is 0.358 e. The maximum absolute atomic E-state index is 13.4. The number of benzene rings is 2. The lowest BCUT2D eigenvalue weighted by Gasteiger charge is -2.36. The van der Waals surface area contributed by atoms with Gasteiger partial charge in [-0.15, -0.1) is 0 Å². The van der Waals surface area contributed by atoms with Crippen LogP contribution in [0.25, 0.3) is 10.9 Å². The summed E-state index contributed by atoms with van der Waals surface area (Å²) in [6, 6.07) is 12.8. The molecule has 1 N–H and O–H groups in total. The van der Waals surface area contributed by atoms with Gasteiger partial charge in [-0.1, -0.05) is 23.2 Å². The number of nitrogens with zero attached hydrogens (tertiary/aromatic N) is 2. The number of carbonyl (C=O) groups is 2. The van der Waals surface area contributed by atoms with E-state index in [1.54, 1.807) is 29.2 Å². The van der Waals surface area contributed by atoms with Crippen LogP contribution in [0.5, 0.6) is 0 Å². The number of carbonyl (C=O) groups excluding carboxylic acids is 2. The van der Waals surface area contributed by atoms with Gasteiger partial charge in [-0.25, -0.2) is 0 Å². The first kappa shape index (κ1) is 20.4. The van der Waals surface area contributed by atoms with E-state index in [-0.39, 0.29) is 17.7 Å². The quantitative estimate of drug-likeness (QED) is 0.596. The molecule has 1 atom stereocenters. The van der Waals surface area contributed by atoms with Gasteiger partial charge in [0.1, 0.15) is 0 Å². The third kappa shape index (κ3) is 3.92. The molecule has 1 saturated heterocycles. The fourth-order valence-corrected chi connectivity index (χ4v) is 5.07. The lowest BCUT2D eigenvalue weighted by molar-refractivity contribution is -0.137. The average Bonchev–Trinajstić information content (AvgIpc) is 3.16. The van der Waals surface area contributed by atoms with Gasteiger partial charge < -0.3 is 14.8 Å². The number of fused-ring (bicyclic) bond motifs is 3. The number of halogens is 2. The number of hydrogen-bond acceptors (Lipinski definition) is 2. The van der Waals surface area contributed by atoms with Crippen molar-refractivity contribution in [2.24, 2.45) is 5.92 Å². The van der Waals surface area contributed by atoms with E-state index >= 15 is 0 Å². The van der Waals surface area contributed by atoms with Crippen LogP contribution >= 0.6 is 23.2 Å². The van der Waals surface area contributed by atoms with Gasteiger partial charge in [-0.2, -0.15) is 0 Å². The fourth-order valence-electron chi connectivity index (χ4n) is 4.77. The molecule has 0 saturated carbocycles. The van der Waals surface area contributed by atoms with E-state index in [1.165, 1.54) is 5.69 Å². The first-order chi connectivity index (χ1) is 15.0. The summed E-state index contributed by atoms with van der Waals surface area (Å²) in [6.45, 7) is 2.41. The summed E-state index contributed by atoms with van der Waals surface area (Å²) in [5.74, 6) is -0.0719. The van der Waals surface area contributed by atoms with Gasteiger partial charge in [0.15, 0.2) is 0 Å². The molecule has 5 nitrogen and oxygen atoms in total. The molecule has 2 aliphatic rings. The predicted molar refractivity (Wildman–Crippen MR) is 123 cm³/mol. The van der Waals surface area contributed by atoms with Gasteiger partial charge in [0.25, 0.3) is 5.91 Å². The molecule has 3 aromatic rings. The van der Waals surface area contributed by atoms with Crippen LogP contribution in [0, 0.1) is 5.92 Å². The molecule has 160 valence electrons. The molecule has 2 amide bonds. The van der Waals surface area contributed by atoms with E-state index in [0.29, 0.717) is 41.8 Å². The molecular weight excluding hydrogens is 433 g/mol. The van der Waals surface area contributed by atoms with Crippen molar-refractivity contribution < 1.29 is 9.59 Å². The van der Waals surface area contributed by atoms with Crippen LogP contribution in [0.15, 0.2) is 42.5 Å². The summed E-state index contributed by atoms with van der Waals surface area (Å²) in [6.07, 6.45) is 2.44. The summed E-state index contributed by atoms with van der Waals surface area (Å²) in [5.41, 5.74) is 4.00. The monoisotopic (exact) mass is 455 g/mol. The maximum Gasteiger partial charge on any atom is 0.253 e. The molecule has 0 spiro atoms. The molecule has 2 aliphatic heterocycles. The average molecular weight is 456 g/mol. The van der Waals surface area contributed by atoms with Crippen molar-refractivity contribution in [1.82, 2.24) is 14.8 Å². The topological polar surface area (TPSA) is 56.4 Å². The van der Waals surface area contributed by atoms with Crippen molar-refractivity contribution in [3.63, 3.8) is 0 Å². The highest BCUT2D eigenvalue weighted by atomic mass is 35.5. The van der Waals surface area contributed by atoms with Crippen LogP contribution in [0.4, 0.5) is 0 Å². The summed E-state index contributed by atoms with van der Waals surface area (Å²) >= 11 is 12.1. The summed E-state index contributed by atoms with van der Waals surface area (Å²) in [5, 5.41) is 2.39. The van der Waals surface area contributed by atoms with Crippen molar-refractivity contribution in [2.45, 2.75) is 25.8 Å². The molecule has 0 bridgehead atoms. The normalized spacial score (nSPS) is 18.8. The van der Waals surface area contributed by atoms with Gasteiger partial charge >= 0.3 is 0 Å². The zero-order valence-electron chi connectivity index (χ0n) is 17.0. The summed E-state index contributed by atoms with van der Waals surface area (Å²) in [4.78, 5) is 33.5. The highest BCUT2D eigenvalue weighted by Gasteiger charge is 2.33. The minimum Gasteiger partial charge on any atom is -0.358 e. The standard InChI is InChI=1S/C24H23Cl2N3O2/c25-17-5-3-15(4-6-17)23(30)28-10-1-2-16(13-28)24(31)29-11-9-22-20(14-29)19-12-18(26)7-8-21(19)27-22/h3-8,12,16,27H,1-2,9-11,13-14H2. The van der Waals surface area contributed by atoms with Crippen LogP contribution < -0.4 is 0 Å². The van der Waals surface area contributed by atoms with E-state index < -0.39 is 0 Å². The van der Waals surface area contributed by atoms with Gasteiger partial charge in [0.05, 0.1) is 5.92 Å². The van der Waals surface area contributed by atoms with Gasteiger partial charge in [0.2, 0.25) is 5.91 Å². The smallest absolute Gasteiger partial charge is 0.253 e. The summed E-state index contributed by atoms with van der Waals surface area (Å²) in [7, 11) is 0. The molecule has 2 aromatic carbocycles.